The Kier molecular flexibility index (Phi) is 12.0. The van der Waals surface area contributed by atoms with Gasteiger partial charge in [-0.2, -0.15) is 0 Å². The minimum Gasteiger partial charge on any atom is -0.444 e. The zero-order chi connectivity index (χ0) is 20.9. The molecule has 0 saturated heterocycles. The van der Waals surface area contributed by atoms with Crippen molar-refractivity contribution in [3.8, 4) is 0 Å². The number of urea groups is 1. The smallest absolute Gasteiger partial charge is 0.407 e. The second kappa shape index (κ2) is 13.1. The molecular formula is C17H34N6O4. The molecule has 2 N–H and O–H groups in total. The minimum atomic E-state index is -0.534. The average molecular weight is 386 g/mol. The van der Waals surface area contributed by atoms with Crippen molar-refractivity contribution in [1.29, 1.82) is 0 Å². The van der Waals surface area contributed by atoms with Crippen LogP contribution >= 0.6 is 0 Å². The van der Waals surface area contributed by atoms with Crippen molar-refractivity contribution in [3.05, 3.63) is 10.4 Å². The molecule has 156 valence electrons. The summed E-state index contributed by atoms with van der Waals surface area (Å²) in [6.45, 7) is 10.6. The number of hydrogen-bond acceptors (Lipinski definition) is 5. The van der Waals surface area contributed by atoms with Gasteiger partial charge in [-0.25, -0.2) is 9.59 Å². The molecule has 0 fully saturated rings. The largest absolute Gasteiger partial charge is 0.444 e. The van der Waals surface area contributed by atoms with E-state index in [1.807, 2.05) is 13.8 Å². The fraction of sp³-hybridized carbons (Fsp3) is 0.882. The van der Waals surface area contributed by atoms with Crippen molar-refractivity contribution in [2.75, 3.05) is 33.4 Å². The number of rotatable bonds is 11. The Morgan fingerprint density at radius 3 is 2.44 bits per heavy atom. The van der Waals surface area contributed by atoms with Gasteiger partial charge in [0.25, 0.3) is 0 Å². The summed E-state index contributed by atoms with van der Waals surface area (Å²) in [5, 5.41) is 9.21. The fourth-order valence-electron chi connectivity index (χ4n) is 2.19. The van der Waals surface area contributed by atoms with Crippen LogP contribution in [0.4, 0.5) is 9.59 Å². The van der Waals surface area contributed by atoms with Crippen molar-refractivity contribution in [2.45, 2.75) is 65.1 Å². The van der Waals surface area contributed by atoms with Gasteiger partial charge in [0.2, 0.25) is 0 Å². The number of alkyl carbamates (subject to hydrolysis) is 1. The Morgan fingerprint density at radius 1 is 1.26 bits per heavy atom. The Labute approximate surface area is 161 Å². The third-order valence-electron chi connectivity index (χ3n) is 3.23. The summed E-state index contributed by atoms with van der Waals surface area (Å²) in [4.78, 5) is 28.4. The van der Waals surface area contributed by atoms with Crippen LogP contribution in [0.2, 0.25) is 0 Å². The molecule has 0 aliphatic carbocycles. The highest BCUT2D eigenvalue weighted by atomic mass is 16.6. The first kappa shape index (κ1) is 24.8. The molecule has 1 atom stereocenters. The highest BCUT2D eigenvalue weighted by Crippen LogP contribution is 2.07. The molecular weight excluding hydrogens is 352 g/mol. The van der Waals surface area contributed by atoms with Crippen LogP contribution < -0.4 is 10.6 Å². The molecule has 0 radical (unpaired) electrons. The van der Waals surface area contributed by atoms with Crippen LogP contribution in [0.25, 0.3) is 10.4 Å². The van der Waals surface area contributed by atoms with Gasteiger partial charge in [0, 0.05) is 37.7 Å². The summed E-state index contributed by atoms with van der Waals surface area (Å²) < 4.78 is 10.2. The van der Waals surface area contributed by atoms with Crippen LogP contribution in [0, 0.1) is 0 Å². The van der Waals surface area contributed by atoms with Crippen LogP contribution in [0.15, 0.2) is 5.11 Å². The highest BCUT2D eigenvalue weighted by Gasteiger charge is 2.19. The maximum absolute atomic E-state index is 12.4. The SMILES string of the molecule is COC[C@@H](CN(CCCCNC(=O)OC(C)(C)C)C(=O)NC(C)C)N=[N+]=[N-]. The predicted octanol–water partition coefficient (Wildman–Crippen LogP) is 3.04. The molecule has 0 spiro atoms. The number of hydrogen-bond donors (Lipinski definition) is 2. The van der Waals surface area contributed by atoms with Crippen molar-refractivity contribution >= 4 is 12.1 Å². The van der Waals surface area contributed by atoms with E-state index in [2.05, 4.69) is 20.7 Å². The second-order valence-corrected chi connectivity index (χ2v) is 7.50. The molecule has 0 aromatic carbocycles. The van der Waals surface area contributed by atoms with Gasteiger partial charge in [-0.15, -0.1) is 0 Å². The molecule has 10 nitrogen and oxygen atoms in total. The van der Waals surface area contributed by atoms with E-state index in [-0.39, 0.29) is 25.2 Å². The van der Waals surface area contributed by atoms with Gasteiger partial charge in [-0.3, -0.25) is 0 Å². The van der Waals surface area contributed by atoms with Gasteiger partial charge < -0.3 is 25.0 Å². The van der Waals surface area contributed by atoms with Gasteiger partial charge in [0.1, 0.15) is 5.60 Å². The van der Waals surface area contributed by atoms with E-state index >= 15 is 0 Å². The number of ether oxygens (including phenoxy) is 2. The zero-order valence-electron chi connectivity index (χ0n) is 17.3. The van der Waals surface area contributed by atoms with E-state index in [1.165, 1.54) is 7.11 Å². The van der Waals surface area contributed by atoms with E-state index < -0.39 is 17.7 Å². The van der Waals surface area contributed by atoms with Gasteiger partial charge in [0.15, 0.2) is 0 Å². The normalized spacial score (nSPS) is 12.1. The molecule has 0 aliphatic heterocycles. The second-order valence-electron chi connectivity index (χ2n) is 7.50. The van der Waals surface area contributed by atoms with E-state index in [4.69, 9.17) is 15.0 Å². The third kappa shape index (κ3) is 13.6. The number of nitrogens with zero attached hydrogens (tertiary/aromatic N) is 4. The molecule has 0 aromatic rings. The summed E-state index contributed by atoms with van der Waals surface area (Å²) in [5.74, 6) is 0. The Hall–Kier alpha value is -2.19. The number of nitrogens with one attached hydrogen (secondary N) is 2. The molecule has 0 heterocycles. The van der Waals surface area contributed by atoms with Crippen LogP contribution in [0.5, 0.6) is 0 Å². The van der Waals surface area contributed by atoms with Crippen LogP contribution in [-0.2, 0) is 9.47 Å². The number of amides is 3. The molecule has 0 saturated carbocycles. The molecule has 10 heteroatoms. The molecule has 0 rings (SSSR count). The lowest BCUT2D eigenvalue weighted by molar-refractivity contribution is 0.0526. The lowest BCUT2D eigenvalue weighted by atomic mass is 10.2. The standard InChI is InChI=1S/C17H34N6O4/c1-13(2)20-15(24)23(11-14(12-26-6)21-22-18)10-8-7-9-19-16(25)27-17(3,4)5/h13-14H,7-12H2,1-6H3,(H,19,25)(H,20,24)/t14-/m1/s1. The number of carbonyl (C=O) groups excluding carboxylic acids is 2. The Balaban J connectivity index is 4.52. The van der Waals surface area contributed by atoms with Crippen molar-refractivity contribution in [2.24, 2.45) is 5.11 Å². The molecule has 0 aliphatic rings. The molecule has 3 amide bonds. The summed E-state index contributed by atoms with van der Waals surface area (Å²) in [7, 11) is 1.51. The van der Waals surface area contributed by atoms with E-state index in [0.717, 1.165) is 0 Å². The topological polar surface area (TPSA) is 129 Å². The Bertz CT molecular complexity index is 500. The quantitative estimate of drug-likeness (QED) is 0.245. The molecule has 0 bridgehead atoms. The summed E-state index contributed by atoms with van der Waals surface area (Å²) >= 11 is 0. The highest BCUT2D eigenvalue weighted by molar-refractivity contribution is 5.74. The third-order valence-corrected chi connectivity index (χ3v) is 3.23. The van der Waals surface area contributed by atoms with Gasteiger partial charge in [0.05, 0.1) is 12.6 Å². The van der Waals surface area contributed by atoms with Crippen molar-refractivity contribution < 1.29 is 19.1 Å². The maximum atomic E-state index is 12.4. The number of methoxy groups -OCH3 is 1. The lowest BCUT2D eigenvalue weighted by Crippen LogP contribution is -2.46. The first-order valence-electron chi connectivity index (χ1n) is 9.14. The number of unbranched alkanes of at least 4 members (excludes halogenated alkanes) is 1. The van der Waals surface area contributed by atoms with Crippen LogP contribution in [0.3, 0.4) is 0 Å². The number of azide groups is 1. The summed E-state index contributed by atoms with van der Waals surface area (Å²) in [6, 6.07) is -0.689. The molecule has 0 aromatic heterocycles. The Morgan fingerprint density at radius 2 is 1.93 bits per heavy atom. The van der Waals surface area contributed by atoms with Crippen LogP contribution in [0.1, 0.15) is 47.5 Å². The summed E-state index contributed by atoms with van der Waals surface area (Å²) in [6.07, 6.45) is 0.902. The van der Waals surface area contributed by atoms with Gasteiger partial charge >= 0.3 is 12.1 Å². The van der Waals surface area contributed by atoms with E-state index in [9.17, 15) is 9.59 Å². The van der Waals surface area contributed by atoms with Crippen molar-refractivity contribution in [1.82, 2.24) is 15.5 Å². The van der Waals surface area contributed by atoms with Crippen LogP contribution in [-0.4, -0.2) is 68.1 Å². The number of carbonyl (C=O) groups is 2. The predicted molar refractivity (Wildman–Crippen MR) is 104 cm³/mol. The lowest BCUT2D eigenvalue weighted by Gasteiger charge is -2.27. The molecule has 27 heavy (non-hydrogen) atoms. The summed E-state index contributed by atoms with van der Waals surface area (Å²) in [5.41, 5.74) is 8.14. The first-order chi connectivity index (χ1) is 12.6. The van der Waals surface area contributed by atoms with Gasteiger partial charge in [-0.05, 0) is 53.0 Å². The zero-order valence-corrected chi connectivity index (χ0v) is 17.3. The maximum Gasteiger partial charge on any atom is 0.407 e. The van der Waals surface area contributed by atoms with E-state index in [0.29, 0.717) is 25.9 Å². The van der Waals surface area contributed by atoms with Crippen molar-refractivity contribution in [3.63, 3.8) is 0 Å². The first-order valence-corrected chi connectivity index (χ1v) is 9.14. The van der Waals surface area contributed by atoms with Gasteiger partial charge in [-0.1, -0.05) is 5.11 Å². The minimum absolute atomic E-state index is 0.00539. The monoisotopic (exact) mass is 386 g/mol. The average Bonchev–Trinajstić information content (AvgIpc) is 2.51. The fourth-order valence-corrected chi connectivity index (χ4v) is 2.19. The van der Waals surface area contributed by atoms with E-state index in [1.54, 1.807) is 25.7 Å². The molecule has 0 unspecified atom stereocenters.